The Morgan fingerprint density at radius 1 is 1.04 bits per heavy atom. The summed E-state index contributed by atoms with van der Waals surface area (Å²) >= 11 is 0. The van der Waals surface area contributed by atoms with E-state index < -0.39 is 17.9 Å². The monoisotopic (exact) mass is 390 g/mol. The number of allylic oxidation sites excluding steroid dienone is 2. The molecule has 0 aliphatic carbocycles. The lowest BCUT2D eigenvalue weighted by Gasteiger charge is -2.02. The number of hydrogen-bond acceptors (Lipinski definition) is 5. The fourth-order valence-corrected chi connectivity index (χ4v) is 1.74. The van der Waals surface area contributed by atoms with Gasteiger partial charge in [-0.1, -0.05) is 49.1 Å². The van der Waals surface area contributed by atoms with Gasteiger partial charge in [-0.25, -0.2) is 14.4 Å². The van der Waals surface area contributed by atoms with E-state index in [1.165, 1.54) is 19.1 Å². The normalized spacial score (nSPS) is 11.1. The van der Waals surface area contributed by atoms with E-state index in [1.54, 1.807) is 6.92 Å². The van der Waals surface area contributed by atoms with Crippen LogP contribution in [0.1, 0.15) is 25.8 Å². The zero-order valence-corrected chi connectivity index (χ0v) is 16.1. The lowest BCUT2D eigenvalue weighted by Crippen LogP contribution is -2.08. The standard InChI is InChI=1S/C15H16O4.C6H10O3/c1-11(14(16)17)7-9-13(15(18)19)10-8-12-5-3-2-4-6-12;1-5(2)6(8)9-4-3-7/h2-7,9H,8,10H2,1H3,(H,16,17)(H,18,19);7H,1,3-4H2,2H3. The van der Waals surface area contributed by atoms with Gasteiger partial charge in [0.05, 0.1) is 6.61 Å². The number of aliphatic hydroxyl groups is 1. The van der Waals surface area contributed by atoms with E-state index in [4.69, 9.17) is 15.3 Å². The van der Waals surface area contributed by atoms with Crippen LogP contribution in [0.15, 0.2) is 65.8 Å². The Labute approximate surface area is 164 Å². The molecular weight excluding hydrogens is 364 g/mol. The van der Waals surface area contributed by atoms with Crippen molar-refractivity contribution >= 4 is 17.9 Å². The molecule has 152 valence electrons. The van der Waals surface area contributed by atoms with Gasteiger partial charge in [0.15, 0.2) is 0 Å². The maximum atomic E-state index is 11.1. The van der Waals surface area contributed by atoms with Crippen LogP contribution in [0.3, 0.4) is 0 Å². The Kier molecular flexibility index (Phi) is 12.4. The smallest absolute Gasteiger partial charge is 0.333 e. The van der Waals surface area contributed by atoms with Crippen LogP contribution in [0.4, 0.5) is 0 Å². The first kappa shape index (κ1) is 24.8. The Hall–Kier alpha value is -3.19. The summed E-state index contributed by atoms with van der Waals surface area (Å²) in [6.45, 7) is 6.24. The van der Waals surface area contributed by atoms with Crippen LogP contribution >= 0.6 is 0 Å². The number of carbonyl (C=O) groups excluding carboxylic acids is 1. The van der Waals surface area contributed by atoms with Crippen LogP contribution in [-0.2, 0) is 25.5 Å². The first-order valence-electron chi connectivity index (χ1n) is 8.50. The molecule has 0 saturated carbocycles. The summed E-state index contributed by atoms with van der Waals surface area (Å²) in [6.07, 6.45) is 3.65. The maximum Gasteiger partial charge on any atom is 0.333 e. The van der Waals surface area contributed by atoms with Gasteiger partial charge in [0.1, 0.15) is 6.61 Å². The number of benzene rings is 1. The molecule has 0 unspecified atom stereocenters. The highest BCUT2D eigenvalue weighted by Gasteiger charge is 2.07. The molecule has 0 atom stereocenters. The summed E-state index contributed by atoms with van der Waals surface area (Å²) in [6, 6.07) is 9.55. The van der Waals surface area contributed by atoms with Gasteiger partial charge >= 0.3 is 17.9 Å². The zero-order valence-electron chi connectivity index (χ0n) is 16.1. The Morgan fingerprint density at radius 2 is 1.64 bits per heavy atom. The molecule has 0 bridgehead atoms. The van der Waals surface area contributed by atoms with Gasteiger partial charge in [0.25, 0.3) is 0 Å². The van der Waals surface area contributed by atoms with Crippen molar-refractivity contribution in [3.8, 4) is 0 Å². The van der Waals surface area contributed by atoms with Gasteiger partial charge in [0, 0.05) is 16.7 Å². The molecular formula is C21H26O7. The minimum Gasteiger partial charge on any atom is -0.478 e. The number of aliphatic hydroxyl groups excluding tert-OH is 1. The van der Waals surface area contributed by atoms with E-state index in [0.717, 1.165) is 5.56 Å². The number of esters is 1. The molecule has 1 aromatic carbocycles. The molecule has 0 amide bonds. The predicted octanol–water partition coefficient (Wildman–Crippen LogP) is 2.76. The summed E-state index contributed by atoms with van der Waals surface area (Å²) in [4.78, 5) is 32.1. The third kappa shape index (κ3) is 11.4. The van der Waals surface area contributed by atoms with Crippen molar-refractivity contribution in [3.05, 3.63) is 71.3 Å². The van der Waals surface area contributed by atoms with Crippen molar-refractivity contribution < 1.29 is 34.4 Å². The van der Waals surface area contributed by atoms with Crippen LogP contribution in [0.25, 0.3) is 0 Å². The molecule has 0 aliphatic rings. The van der Waals surface area contributed by atoms with E-state index in [1.807, 2.05) is 30.3 Å². The molecule has 1 rings (SSSR count). The number of hydrogen-bond donors (Lipinski definition) is 3. The topological polar surface area (TPSA) is 121 Å². The molecule has 0 radical (unpaired) electrons. The van der Waals surface area contributed by atoms with Crippen molar-refractivity contribution in [2.45, 2.75) is 26.7 Å². The number of ether oxygens (including phenoxy) is 1. The molecule has 0 aromatic heterocycles. The largest absolute Gasteiger partial charge is 0.478 e. The maximum absolute atomic E-state index is 11.1. The molecule has 7 nitrogen and oxygen atoms in total. The first-order valence-corrected chi connectivity index (χ1v) is 8.50. The minimum atomic E-state index is -1.05. The molecule has 1 aromatic rings. The van der Waals surface area contributed by atoms with Crippen molar-refractivity contribution in [2.75, 3.05) is 13.2 Å². The van der Waals surface area contributed by atoms with Crippen LogP contribution in [0.2, 0.25) is 0 Å². The highest BCUT2D eigenvalue weighted by Crippen LogP contribution is 2.10. The molecule has 7 heteroatoms. The lowest BCUT2D eigenvalue weighted by atomic mass is 10.0. The summed E-state index contributed by atoms with van der Waals surface area (Å²) in [5.74, 6) is -2.53. The van der Waals surface area contributed by atoms with E-state index in [2.05, 4.69) is 11.3 Å². The third-order valence-electron chi connectivity index (χ3n) is 3.35. The number of carboxylic acid groups (broad SMARTS) is 2. The number of carboxylic acids is 2. The molecule has 0 spiro atoms. The number of aryl methyl sites for hydroxylation is 1. The van der Waals surface area contributed by atoms with E-state index in [-0.39, 0.29) is 24.4 Å². The number of rotatable bonds is 9. The molecule has 3 N–H and O–H groups in total. The molecule has 0 heterocycles. The molecule has 0 fully saturated rings. The van der Waals surface area contributed by atoms with E-state index in [0.29, 0.717) is 18.4 Å². The predicted molar refractivity (Wildman–Crippen MR) is 105 cm³/mol. The second kappa shape index (κ2) is 13.9. The molecule has 0 saturated heterocycles. The number of aliphatic carboxylic acids is 2. The van der Waals surface area contributed by atoms with Crippen LogP contribution in [-0.4, -0.2) is 46.4 Å². The average molecular weight is 390 g/mol. The fraction of sp³-hybridized carbons (Fsp3) is 0.286. The third-order valence-corrected chi connectivity index (χ3v) is 3.35. The van der Waals surface area contributed by atoms with Gasteiger partial charge < -0.3 is 20.1 Å². The summed E-state index contributed by atoms with van der Waals surface area (Å²) in [5, 5.41) is 25.9. The average Bonchev–Trinajstić information content (AvgIpc) is 2.66. The van der Waals surface area contributed by atoms with Gasteiger partial charge in [-0.3, -0.25) is 0 Å². The Morgan fingerprint density at radius 3 is 2.11 bits per heavy atom. The minimum absolute atomic E-state index is 0.0473. The summed E-state index contributed by atoms with van der Waals surface area (Å²) in [7, 11) is 0. The number of carbonyl (C=O) groups is 3. The lowest BCUT2D eigenvalue weighted by molar-refractivity contribution is -0.140. The summed E-state index contributed by atoms with van der Waals surface area (Å²) < 4.78 is 4.46. The fourth-order valence-electron chi connectivity index (χ4n) is 1.74. The van der Waals surface area contributed by atoms with Crippen molar-refractivity contribution in [2.24, 2.45) is 0 Å². The van der Waals surface area contributed by atoms with Crippen LogP contribution in [0.5, 0.6) is 0 Å². The van der Waals surface area contributed by atoms with Gasteiger partial charge in [-0.15, -0.1) is 0 Å². The van der Waals surface area contributed by atoms with Crippen molar-refractivity contribution in [1.29, 1.82) is 0 Å². The Bertz CT molecular complexity index is 730. The second-order valence-corrected chi connectivity index (χ2v) is 5.78. The van der Waals surface area contributed by atoms with Crippen LogP contribution in [0, 0.1) is 0 Å². The molecule has 0 aliphatic heterocycles. The van der Waals surface area contributed by atoms with Crippen molar-refractivity contribution in [3.63, 3.8) is 0 Å². The molecule has 28 heavy (non-hydrogen) atoms. The van der Waals surface area contributed by atoms with E-state index >= 15 is 0 Å². The first-order chi connectivity index (χ1) is 13.2. The quantitative estimate of drug-likeness (QED) is 0.337. The van der Waals surface area contributed by atoms with Gasteiger partial charge in [-0.2, -0.15) is 0 Å². The Balaban J connectivity index is 0.000000684. The highest BCUT2D eigenvalue weighted by atomic mass is 16.5. The summed E-state index contributed by atoms with van der Waals surface area (Å²) in [5.41, 5.74) is 1.71. The SMILES string of the molecule is C=C(C)C(=O)OCCO.CC(=CC=C(CCc1ccccc1)C(=O)O)C(=O)O. The zero-order chi connectivity index (χ0) is 21.5. The highest BCUT2D eigenvalue weighted by molar-refractivity contribution is 5.89. The van der Waals surface area contributed by atoms with Crippen LogP contribution < -0.4 is 0 Å². The van der Waals surface area contributed by atoms with Gasteiger partial charge in [-0.05, 0) is 32.3 Å². The van der Waals surface area contributed by atoms with Crippen molar-refractivity contribution in [1.82, 2.24) is 0 Å². The second-order valence-electron chi connectivity index (χ2n) is 5.78. The van der Waals surface area contributed by atoms with Gasteiger partial charge in [0.2, 0.25) is 0 Å². The van der Waals surface area contributed by atoms with E-state index in [9.17, 15) is 14.4 Å².